The number of aromatic amines is 1. The number of H-pyrrole nitrogens is 1. The lowest BCUT2D eigenvalue weighted by Crippen LogP contribution is -2.58. The highest BCUT2D eigenvalue weighted by Crippen LogP contribution is 2.21. The van der Waals surface area contributed by atoms with Gasteiger partial charge in [0.1, 0.15) is 0 Å². The molecule has 2 aromatic rings. The first-order valence-corrected chi connectivity index (χ1v) is 8.48. The molecule has 0 aliphatic carbocycles. The Labute approximate surface area is 142 Å². The molecule has 130 valence electrons. The third-order valence-corrected chi connectivity index (χ3v) is 4.64. The molecule has 1 aliphatic heterocycles. The summed E-state index contributed by atoms with van der Waals surface area (Å²) < 4.78 is 5.80. The van der Waals surface area contributed by atoms with Crippen molar-refractivity contribution in [1.29, 1.82) is 0 Å². The number of carbonyl (C=O) groups excluding carboxylic acids is 1. The van der Waals surface area contributed by atoms with Gasteiger partial charge in [-0.15, -0.1) is 0 Å². The van der Waals surface area contributed by atoms with Crippen LogP contribution in [-0.4, -0.2) is 58.4 Å². The molecule has 1 aromatic heterocycles. The maximum absolute atomic E-state index is 12.5. The first-order chi connectivity index (χ1) is 11.4. The molecule has 2 N–H and O–H groups in total. The molecule has 1 amide bonds. The smallest absolute Gasteiger partial charge is 0.272 e. The molecule has 1 aliphatic rings. The fraction of sp³-hybridized carbons (Fsp3) is 0.556. The SMILES string of the molecule is CC1CN(C(C)(C)CNC(=O)c2n[nH]c3ccccc23)CC(C)O1. The molecular formula is C18H26N4O2. The highest BCUT2D eigenvalue weighted by Gasteiger charge is 2.33. The van der Waals surface area contributed by atoms with E-state index in [1.807, 2.05) is 24.3 Å². The van der Waals surface area contributed by atoms with Crippen molar-refractivity contribution in [1.82, 2.24) is 20.4 Å². The van der Waals surface area contributed by atoms with Gasteiger partial charge in [-0.1, -0.05) is 18.2 Å². The minimum Gasteiger partial charge on any atom is -0.373 e. The Kier molecular flexibility index (Phi) is 4.60. The average molecular weight is 330 g/mol. The van der Waals surface area contributed by atoms with Crippen LogP contribution in [0.4, 0.5) is 0 Å². The predicted molar refractivity (Wildman–Crippen MR) is 94.1 cm³/mol. The summed E-state index contributed by atoms with van der Waals surface area (Å²) in [5.41, 5.74) is 1.18. The van der Waals surface area contributed by atoms with Gasteiger partial charge in [-0.2, -0.15) is 5.10 Å². The van der Waals surface area contributed by atoms with Crippen LogP contribution >= 0.6 is 0 Å². The molecule has 2 unspecified atom stereocenters. The number of benzene rings is 1. The lowest BCUT2D eigenvalue weighted by molar-refractivity contribution is -0.0948. The number of amides is 1. The maximum Gasteiger partial charge on any atom is 0.272 e. The fourth-order valence-corrected chi connectivity index (χ4v) is 3.30. The summed E-state index contributed by atoms with van der Waals surface area (Å²) in [6.07, 6.45) is 0.415. The monoisotopic (exact) mass is 330 g/mol. The Balaban J connectivity index is 1.66. The van der Waals surface area contributed by atoms with Crippen molar-refractivity contribution in [2.24, 2.45) is 0 Å². The minimum absolute atomic E-state index is 0.144. The Hall–Kier alpha value is -1.92. The Morgan fingerprint density at radius 2 is 2.00 bits per heavy atom. The van der Waals surface area contributed by atoms with Crippen molar-refractivity contribution in [2.75, 3.05) is 19.6 Å². The second kappa shape index (κ2) is 6.53. The summed E-state index contributed by atoms with van der Waals surface area (Å²) in [6.45, 7) is 10.8. The quantitative estimate of drug-likeness (QED) is 0.901. The number of nitrogens with one attached hydrogen (secondary N) is 2. The van der Waals surface area contributed by atoms with Gasteiger partial charge >= 0.3 is 0 Å². The second-order valence-corrected chi connectivity index (χ2v) is 7.28. The molecule has 2 atom stereocenters. The molecule has 24 heavy (non-hydrogen) atoms. The standard InChI is InChI=1S/C18H26N4O2/c1-12-9-22(10-13(2)24-12)18(3,4)11-19-17(23)16-14-7-5-6-8-15(14)20-21-16/h5-8,12-13H,9-11H2,1-4H3,(H,19,23)(H,20,21). The number of carbonyl (C=O) groups is 1. The molecule has 3 rings (SSSR count). The largest absolute Gasteiger partial charge is 0.373 e. The molecule has 0 bridgehead atoms. The number of hydrogen-bond donors (Lipinski definition) is 2. The third-order valence-electron chi connectivity index (χ3n) is 4.64. The van der Waals surface area contributed by atoms with E-state index in [4.69, 9.17) is 4.74 Å². The van der Waals surface area contributed by atoms with Crippen molar-refractivity contribution in [2.45, 2.75) is 45.4 Å². The van der Waals surface area contributed by atoms with E-state index in [0.29, 0.717) is 12.2 Å². The zero-order valence-corrected chi connectivity index (χ0v) is 14.8. The molecule has 1 fully saturated rings. The van der Waals surface area contributed by atoms with E-state index < -0.39 is 0 Å². The number of fused-ring (bicyclic) bond motifs is 1. The number of rotatable bonds is 4. The van der Waals surface area contributed by atoms with E-state index in [2.05, 4.69) is 48.1 Å². The van der Waals surface area contributed by atoms with Crippen LogP contribution < -0.4 is 5.32 Å². The summed E-state index contributed by atoms with van der Waals surface area (Å²) >= 11 is 0. The van der Waals surface area contributed by atoms with E-state index in [-0.39, 0.29) is 23.7 Å². The third kappa shape index (κ3) is 3.44. The molecule has 6 heteroatoms. The van der Waals surface area contributed by atoms with Crippen molar-refractivity contribution in [3.05, 3.63) is 30.0 Å². The number of morpholine rings is 1. The van der Waals surface area contributed by atoms with Gasteiger partial charge in [-0.05, 0) is 33.8 Å². The molecule has 1 aromatic carbocycles. The molecule has 0 radical (unpaired) electrons. The van der Waals surface area contributed by atoms with Crippen molar-refractivity contribution in [3.63, 3.8) is 0 Å². The van der Waals surface area contributed by atoms with Crippen LogP contribution in [0, 0.1) is 0 Å². The van der Waals surface area contributed by atoms with E-state index in [1.54, 1.807) is 0 Å². The highest BCUT2D eigenvalue weighted by atomic mass is 16.5. The lowest BCUT2D eigenvalue weighted by atomic mass is 10.00. The van der Waals surface area contributed by atoms with Crippen LogP contribution in [0.1, 0.15) is 38.2 Å². The van der Waals surface area contributed by atoms with Gasteiger partial charge in [0.15, 0.2) is 5.69 Å². The van der Waals surface area contributed by atoms with Gasteiger partial charge in [-0.25, -0.2) is 0 Å². The van der Waals surface area contributed by atoms with E-state index >= 15 is 0 Å². The van der Waals surface area contributed by atoms with Crippen LogP contribution in [-0.2, 0) is 4.74 Å². The average Bonchev–Trinajstić information content (AvgIpc) is 2.96. The van der Waals surface area contributed by atoms with Gasteiger partial charge in [0.2, 0.25) is 0 Å². The number of nitrogens with zero attached hydrogens (tertiary/aromatic N) is 2. The first kappa shape index (κ1) is 16.9. The van der Waals surface area contributed by atoms with Crippen molar-refractivity contribution >= 4 is 16.8 Å². The van der Waals surface area contributed by atoms with Crippen LogP contribution in [0.3, 0.4) is 0 Å². The van der Waals surface area contributed by atoms with E-state index in [0.717, 1.165) is 24.0 Å². The highest BCUT2D eigenvalue weighted by molar-refractivity contribution is 6.04. The van der Waals surface area contributed by atoms with Gasteiger partial charge in [-0.3, -0.25) is 14.8 Å². The Morgan fingerprint density at radius 3 is 2.71 bits per heavy atom. The molecule has 1 saturated heterocycles. The zero-order chi connectivity index (χ0) is 17.3. The molecule has 6 nitrogen and oxygen atoms in total. The Morgan fingerprint density at radius 1 is 1.33 bits per heavy atom. The summed E-state index contributed by atoms with van der Waals surface area (Å²) in [4.78, 5) is 14.9. The Bertz CT molecular complexity index is 715. The summed E-state index contributed by atoms with van der Waals surface area (Å²) in [7, 11) is 0. The van der Waals surface area contributed by atoms with Gasteiger partial charge in [0.05, 0.1) is 17.7 Å². The number of para-hydroxylation sites is 1. The van der Waals surface area contributed by atoms with Gasteiger partial charge < -0.3 is 10.1 Å². The number of hydrogen-bond acceptors (Lipinski definition) is 4. The maximum atomic E-state index is 12.5. The second-order valence-electron chi connectivity index (χ2n) is 7.28. The van der Waals surface area contributed by atoms with Crippen LogP contribution in [0.5, 0.6) is 0 Å². The zero-order valence-electron chi connectivity index (χ0n) is 14.8. The first-order valence-electron chi connectivity index (χ1n) is 8.48. The topological polar surface area (TPSA) is 70.2 Å². The summed E-state index contributed by atoms with van der Waals surface area (Å²) in [5.74, 6) is -0.144. The summed E-state index contributed by atoms with van der Waals surface area (Å²) in [6, 6.07) is 7.66. The minimum atomic E-state index is -0.145. The van der Waals surface area contributed by atoms with Crippen molar-refractivity contribution < 1.29 is 9.53 Å². The predicted octanol–water partition coefficient (Wildman–Crippen LogP) is 2.18. The summed E-state index contributed by atoms with van der Waals surface area (Å²) in [5, 5.41) is 11.0. The van der Waals surface area contributed by atoms with Crippen molar-refractivity contribution in [3.8, 4) is 0 Å². The number of aromatic nitrogens is 2. The molecule has 0 saturated carbocycles. The molecular weight excluding hydrogens is 304 g/mol. The normalized spacial score (nSPS) is 22.7. The van der Waals surface area contributed by atoms with Crippen LogP contribution in [0.2, 0.25) is 0 Å². The van der Waals surface area contributed by atoms with Crippen LogP contribution in [0.15, 0.2) is 24.3 Å². The van der Waals surface area contributed by atoms with Crippen LogP contribution in [0.25, 0.3) is 10.9 Å². The lowest BCUT2D eigenvalue weighted by Gasteiger charge is -2.45. The fourth-order valence-electron chi connectivity index (χ4n) is 3.30. The molecule has 2 heterocycles. The molecule has 0 spiro atoms. The van der Waals surface area contributed by atoms with Gasteiger partial charge in [0, 0.05) is 30.6 Å². The van der Waals surface area contributed by atoms with E-state index in [1.165, 1.54) is 0 Å². The number of ether oxygens (including phenoxy) is 1. The van der Waals surface area contributed by atoms with E-state index in [9.17, 15) is 4.79 Å². The van der Waals surface area contributed by atoms with Gasteiger partial charge in [0.25, 0.3) is 5.91 Å².